The minimum Gasteiger partial charge on any atom is -0.443 e. The molecule has 3 rings (SSSR count). The number of hydrogen-bond acceptors (Lipinski definition) is 4. The fourth-order valence-electron chi connectivity index (χ4n) is 2.70. The minimum absolute atomic E-state index is 0.000591. The predicted octanol–water partition coefficient (Wildman–Crippen LogP) is 2.11. The van der Waals surface area contributed by atoms with E-state index < -0.39 is 0 Å². The molecule has 2 aromatic rings. The van der Waals surface area contributed by atoms with Gasteiger partial charge in [0.15, 0.2) is 0 Å². The normalized spacial score (nSPS) is 18.2. The molecule has 1 fully saturated rings. The van der Waals surface area contributed by atoms with E-state index in [2.05, 4.69) is 6.07 Å². The lowest BCUT2D eigenvalue weighted by Crippen LogP contribution is -2.44. The Bertz CT molecular complexity index is 725. The molecule has 2 aromatic heterocycles. The van der Waals surface area contributed by atoms with Gasteiger partial charge >= 0.3 is 0 Å². The molecule has 0 aromatic carbocycles. The van der Waals surface area contributed by atoms with Crippen molar-refractivity contribution in [3.8, 4) is 12.0 Å². The zero-order valence-electron chi connectivity index (χ0n) is 12.6. The highest BCUT2D eigenvalue weighted by atomic mass is 16.5. The van der Waals surface area contributed by atoms with E-state index in [-0.39, 0.29) is 17.6 Å². The lowest BCUT2D eigenvalue weighted by atomic mass is 10.1. The molecule has 3 heterocycles. The summed E-state index contributed by atoms with van der Waals surface area (Å²) in [5, 5.41) is 9.49. The van der Waals surface area contributed by atoms with Crippen LogP contribution in [0.3, 0.4) is 0 Å². The Morgan fingerprint density at radius 3 is 2.77 bits per heavy atom. The van der Waals surface area contributed by atoms with Gasteiger partial charge in [-0.2, -0.15) is 5.26 Å². The quantitative estimate of drug-likeness (QED) is 0.851. The molecule has 1 saturated heterocycles. The Balaban J connectivity index is 2.00. The fraction of sp³-hybridized carbons (Fsp3) is 0.375. The predicted molar refractivity (Wildman–Crippen MR) is 78.8 cm³/mol. The van der Waals surface area contributed by atoms with E-state index in [1.807, 2.05) is 19.1 Å². The van der Waals surface area contributed by atoms with Gasteiger partial charge in [-0.3, -0.25) is 9.36 Å². The standard InChI is InChI=1S/C16H17N3O3/c1-11-10-19(7-8-21-11)15(20)14-12(2)22-16(13(14)9-17)18-5-3-4-6-18/h3-6,11H,7-8,10H2,1-2H3. The summed E-state index contributed by atoms with van der Waals surface area (Å²) in [6.45, 7) is 5.20. The number of nitriles is 1. The highest BCUT2D eigenvalue weighted by Gasteiger charge is 2.30. The second-order valence-electron chi connectivity index (χ2n) is 5.35. The molecular formula is C16H17N3O3. The van der Waals surface area contributed by atoms with Crippen molar-refractivity contribution in [3.63, 3.8) is 0 Å². The molecule has 1 aliphatic rings. The van der Waals surface area contributed by atoms with Crippen LogP contribution in [0.25, 0.3) is 5.88 Å². The molecule has 1 amide bonds. The number of amides is 1. The Hall–Kier alpha value is -2.52. The molecule has 1 aliphatic heterocycles. The molecule has 0 saturated carbocycles. The maximum atomic E-state index is 12.8. The zero-order chi connectivity index (χ0) is 15.7. The summed E-state index contributed by atoms with van der Waals surface area (Å²) >= 11 is 0. The first-order valence-electron chi connectivity index (χ1n) is 7.19. The topological polar surface area (TPSA) is 71.4 Å². The van der Waals surface area contributed by atoms with Gasteiger partial charge in [0.05, 0.1) is 12.7 Å². The third kappa shape index (κ3) is 2.40. The number of morpholine rings is 1. The number of carbonyl (C=O) groups excluding carboxylic acids is 1. The number of aryl methyl sites for hydroxylation is 1. The Kier molecular flexibility index (Phi) is 3.73. The van der Waals surface area contributed by atoms with E-state index in [1.54, 1.807) is 28.8 Å². The summed E-state index contributed by atoms with van der Waals surface area (Å²) in [7, 11) is 0. The lowest BCUT2D eigenvalue weighted by molar-refractivity contribution is -0.0124. The number of aromatic nitrogens is 1. The molecule has 6 heteroatoms. The first kappa shape index (κ1) is 14.4. The summed E-state index contributed by atoms with van der Waals surface area (Å²) in [6, 6.07) is 5.79. The minimum atomic E-state index is -0.175. The molecule has 22 heavy (non-hydrogen) atoms. The fourth-order valence-corrected chi connectivity index (χ4v) is 2.70. The van der Waals surface area contributed by atoms with Crippen molar-refractivity contribution in [2.75, 3.05) is 19.7 Å². The molecule has 0 bridgehead atoms. The monoisotopic (exact) mass is 299 g/mol. The van der Waals surface area contributed by atoms with Crippen LogP contribution in [0.2, 0.25) is 0 Å². The number of hydrogen-bond donors (Lipinski definition) is 0. The molecule has 1 atom stereocenters. The number of rotatable bonds is 2. The Labute approximate surface area is 128 Å². The molecule has 0 aliphatic carbocycles. The molecule has 6 nitrogen and oxygen atoms in total. The largest absolute Gasteiger partial charge is 0.443 e. The van der Waals surface area contributed by atoms with Crippen LogP contribution in [0, 0.1) is 18.3 Å². The number of carbonyl (C=O) groups is 1. The number of furan rings is 1. The van der Waals surface area contributed by atoms with Crippen molar-refractivity contribution in [2.24, 2.45) is 0 Å². The van der Waals surface area contributed by atoms with Crippen molar-refractivity contribution in [2.45, 2.75) is 20.0 Å². The molecule has 0 spiro atoms. The van der Waals surface area contributed by atoms with Gasteiger partial charge in [-0.05, 0) is 26.0 Å². The number of nitrogens with zero attached hydrogens (tertiary/aromatic N) is 3. The SMILES string of the molecule is Cc1oc(-n2cccc2)c(C#N)c1C(=O)N1CCOC(C)C1. The van der Waals surface area contributed by atoms with Crippen molar-refractivity contribution in [1.29, 1.82) is 5.26 Å². The smallest absolute Gasteiger partial charge is 0.259 e. The molecule has 0 N–H and O–H groups in total. The van der Waals surface area contributed by atoms with Crippen LogP contribution >= 0.6 is 0 Å². The Morgan fingerprint density at radius 2 is 2.14 bits per heavy atom. The van der Waals surface area contributed by atoms with Crippen LogP contribution in [0.4, 0.5) is 0 Å². The van der Waals surface area contributed by atoms with Crippen molar-refractivity contribution in [3.05, 3.63) is 41.4 Å². The second kappa shape index (κ2) is 5.70. The third-order valence-electron chi connectivity index (χ3n) is 3.76. The van der Waals surface area contributed by atoms with E-state index in [4.69, 9.17) is 9.15 Å². The van der Waals surface area contributed by atoms with Crippen molar-refractivity contribution in [1.82, 2.24) is 9.47 Å². The third-order valence-corrected chi connectivity index (χ3v) is 3.76. The van der Waals surface area contributed by atoms with E-state index in [0.29, 0.717) is 36.9 Å². The van der Waals surface area contributed by atoms with Gasteiger partial charge in [0.25, 0.3) is 5.91 Å². The van der Waals surface area contributed by atoms with Crippen LogP contribution in [0.15, 0.2) is 28.9 Å². The summed E-state index contributed by atoms with van der Waals surface area (Å²) in [4.78, 5) is 14.5. The summed E-state index contributed by atoms with van der Waals surface area (Å²) in [5.74, 6) is 0.672. The average Bonchev–Trinajstić information content (AvgIpc) is 3.13. The molecular weight excluding hydrogens is 282 g/mol. The average molecular weight is 299 g/mol. The summed E-state index contributed by atoms with van der Waals surface area (Å²) < 4.78 is 12.8. The van der Waals surface area contributed by atoms with E-state index in [0.717, 1.165) is 0 Å². The maximum Gasteiger partial charge on any atom is 0.259 e. The van der Waals surface area contributed by atoms with Gasteiger partial charge in [0.2, 0.25) is 5.88 Å². The van der Waals surface area contributed by atoms with Crippen molar-refractivity contribution >= 4 is 5.91 Å². The first-order chi connectivity index (χ1) is 10.6. The molecule has 0 radical (unpaired) electrons. The van der Waals surface area contributed by atoms with Crippen LogP contribution in [0.1, 0.15) is 28.6 Å². The van der Waals surface area contributed by atoms with Gasteiger partial charge in [0, 0.05) is 25.5 Å². The van der Waals surface area contributed by atoms with Gasteiger partial charge in [-0.1, -0.05) is 0 Å². The van der Waals surface area contributed by atoms with Crippen LogP contribution in [0.5, 0.6) is 0 Å². The summed E-state index contributed by atoms with van der Waals surface area (Å²) in [6.07, 6.45) is 3.56. The lowest BCUT2D eigenvalue weighted by Gasteiger charge is -2.31. The zero-order valence-corrected chi connectivity index (χ0v) is 12.6. The van der Waals surface area contributed by atoms with E-state index in [9.17, 15) is 10.1 Å². The van der Waals surface area contributed by atoms with Gasteiger partial charge < -0.3 is 14.1 Å². The Morgan fingerprint density at radius 1 is 1.41 bits per heavy atom. The van der Waals surface area contributed by atoms with E-state index >= 15 is 0 Å². The maximum absolute atomic E-state index is 12.8. The second-order valence-corrected chi connectivity index (χ2v) is 5.35. The van der Waals surface area contributed by atoms with Crippen LogP contribution < -0.4 is 0 Å². The van der Waals surface area contributed by atoms with Crippen LogP contribution in [-0.4, -0.2) is 41.2 Å². The first-order valence-corrected chi connectivity index (χ1v) is 7.19. The molecule has 1 unspecified atom stereocenters. The highest BCUT2D eigenvalue weighted by molar-refractivity contribution is 5.98. The van der Waals surface area contributed by atoms with Gasteiger partial charge in [0.1, 0.15) is 23.0 Å². The highest BCUT2D eigenvalue weighted by Crippen LogP contribution is 2.27. The van der Waals surface area contributed by atoms with E-state index in [1.165, 1.54) is 0 Å². The number of ether oxygens (including phenoxy) is 1. The van der Waals surface area contributed by atoms with Crippen LogP contribution in [-0.2, 0) is 4.74 Å². The van der Waals surface area contributed by atoms with Gasteiger partial charge in [-0.15, -0.1) is 0 Å². The van der Waals surface area contributed by atoms with Crippen molar-refractivity contribution < 1.29 is 13.9 Å². The summed E-state index contributed by atoms with van der Waals surface area (Å²) in [5.41, 5.74) is 0.623. The molecule has 114 valence electrons. The van der Waals surface area contributed by atoms with Gasteiger partial charge in [-0.25, -0.2) is 0 Å².